The highest BCUT2D eigenvalue weighted by Gasteiger charge is 2.46. The molecule has 0 saturated heterocycles. The van der Waals surface area contributed by atoms with Crippen LogP contribution in [0.1, 0.15) is 30.6 Å². The van der Waals surface area contributed by atoms with E-state index < -0.39 is 0 Å². The molecule has 1 spiro atoms. The van der Waals surface area contributed by atoms with Gasteiger partial charge in [0.05, 0.1) is 10.3 Å². The highest BCUT2D eigenvalue weighted by molar-refractivity contribution is 9.10. The van der Waals surface area contributed by atoms with E-state index in [-0.39, 0.29) is 11.4 Å². The van der Waals surface area contributed by atoms with Crippen LogP contribution in [0, 0.1) is 5.41 Å². The molecule has 0 unspecified atom stereocenters. The van der Waals surface area contributed by atoms with Gasteiger partial charge in [-0.25, -0.2) is 0 Å². The van der Waals surface area contributed by atoms with Gasteiger partial charge in [-0.05, 0) is 42.5 Å². The van der Waals surface area contributed by atoms with Crippen molar-refractivity contribution in [3.05, 3.63) is 39.7 Å². The molecular weight excluding hydrogens is 336 g/mol. The number of carbonyl (C=O) groups is 1. The standard InChI is InChI=1S/C16H13BrO2S/c17-11-4-3-10-7-14(20-13(10)8-11)12-9-16(15(18)19-12)5-1-2-6-16/h3-4,7-9H,1-2,5-6H2. The molecule has 4 heteroatoms. The second-order valence-electron chi connectivity index (χ2n) is 5.55. The van der Waals surface area contributed by atoms with Gasteiger partial charge in [0.15, 0.2) is 0 Å². The highest BCUT2D eigenvalue weighted by atomic mass is 79.9. The molecule has 1 aromatic heterocycles. The summed E-state index contributed by atoms with van der Waals surface area (Å²) in [5.74, 6) is 0.706. The molecule has 2 nitrogen and oxygen atoms in total. The minimum atomic E-state index is -0.327. The van der Waals surface area contributed by atoms with Crippen LogP contribution in [0.3, 0.4) is 0 Å². The third kappa shape index (κ3) is 1.85. The fraction of sp³-hybridized carbons (Fsp3) is 0.312. The molecule has 1 aliphatic carbocycles. The van der Waals surface area contributed by atoms with Crippen molar-refractivity contribution < 1.29 is 9.53 Å². The fourth-order valence-corrected chi connectivity index (χ4v) is 4.71. The van der Waals surface area contributed by atoms with Gasteiger partial charge in [0.1, 0.15) is 5.76 Å². The first kappa shape index (κ1) is 12.6. The Kier molecular flexibility index (Phi) is 2.79. The van der Waals surface area contributed by atoms with E-state index in [0.717, 1.165) is 40.8 Å². The Labute approximate surface area is 129 Å². The van der Waals surface area contributed by atoms with Gasteiger partial charge in [-0.1, -0.05) is 34.8 Å². The summed E-state index contributed by atoms with van der Waals surface area (Å²) < 4.78 is 7.85. The maximum Gasteiger partial charge on any atom is 0.321 e. The summed E-state index contributed by atoms with van der Waals surface area (Å²) in [6.07, 6.45) is 6.19. The minimum absolute atomic E-state index is 0.0522. The Morgan fingerprint density at radius 2 is 2.00 bits per heavy atom. The van der Waals surface area contributed by atoms with Crippen LogP contribution in [-0.2, 0) is 9.53 Å². The van der Waals surface area contributed by atoms with E-state index in [1.54, 1.807) is 11.3 Å². The molecule has 0 radical (unpaired) electrons. The molecule has 0 bridgehead atoms. The first-order valence-electron chi connectivity index (χ1n) is 6.81. The van der Waals surface area contributed by atoms with Crippen LogP contribution in [0.4, 0.5) is 0 Å². The van der Waals surface area contributed by atoms with Crippen molar-refractivity contribution in [1.29, 1.82) is 0 Å². The molecule has 0 amide bonds. The van der Waals surface area contributed by atoms with Crippen LogP contribution in [0.2, 0.25) is 0 Å². The fourth-order valence-electron chi connectivity index (χ4n) is 3.14. The summed E-state index contributed by atoms with van der Waals surface area (Å²) in [7, 11) is 0. The van der Waals surface area contributed by atoms with Crippen LogP contribution in [0.5, 0.6) is 0 Å². The first-order chi connectivity index (χ1) is 9.66. The minimum Gasteiger partial charge on any atom is -0.425 e. The molecule has 1 fully saturated rings. The normalized spacial score (nSPS) is 20.6. The number of rotatable bonds is 1. The number of hydrogen-bond donors (Lipinski definition) is 0. The van der Waals surface area contributed by atoms with Crippen LogP contribution >= 0.6 is 27.3 Å². The number of hydrogen-bond acceptors (Lipinski definition) is 3. The zero-order chi connectivity index (χ0) is 13.7. The molecule has 1 aromatic carbocycles. The second kappa shape index (κ2) is 4.43. The number of esters is 1. The molecule has 2 aromatic rings. The van der Waals surface area contributed by atoms with Crippen molar-refractivity contribution >= 4 is 49.1 Å². The Balaban J connectivity index is 1.78. The smallest absolute Gasteiger partial charge is 0.321 e. The van der Waals surface area contributed by atoms with Gasteiger partial charge in [0.2, 0.25) is 0 Å². The number of cyclic esters (lactones) is 1. The maximum atomic E-state index is 12.2. The van der Waals surface area contributed by atoms with E-state index in [2.05, 4.69) is 40.2 Å². The van der Waals surface area contributed by atoms with Crippen molar-refractivity contribution in [2.45, 2.75) is 25.7 Å². The molecule has 0 N–H and O–H groups in total. The summed E-state index contributed by atoms with van der Waals surface area (Å²) in [6, 6.07) is 8.33. The second-order valence-corrected chi connectivity index (χ2v) is 7.55. The Morgan fingerprint density at radius 1 is 1.20 bits per heavy atom. The Bertz CT molecular complexity index is 738. The number of halogens is 1. The largest absolute Gasteiger partial charge is 0.425 e. The van der Waals surface area contributed by atoms with Crippen LogP contribution in [0.25, 0.3) is 15.8 Å². The van der Waals surface area contributed by atoms with Gasteiger partial charge in [-0.15, -0.1) is 11.3 Å². The zero-order valence-electron chi connectivity index (χ0n) is 10.8. The topological polar surface area (TPSA) is 26.3 Å². The summed E-state index contributed by atoms with van der Waals surface area (Å²) in [4.78, 5) is 13.2. The first-order valence-corrected chi connectivity index (χ1v) is 8.42. The lowest BCUT2D eigenvalue weighted by Gasteiger charge is -2.13. The summed E-state index contributed by atoms with van der Waals surface area (Å²) in [5.41, 5.74) is -0.327. The van der Waals surface area contributed by atoms with E-state index in [4.69, 9.17) is 4.74 Å². The number of benzene rings is 1. The SMILES string of the molecule is O=C1OC(c2cc3ccc(Br)cc3s2)=CC12CCCC2. The summed E-state index contributed by atoms with van der Waals surface area (Å²) >= 11 is 5.17. The van der Waals surface area contributed by atoms with Crippen molar-refractivity contribution in [3.63, 3.8) is 0 Å². The zero-order valence-corrected chi connectivity index (χ0v) is 13.2. The van der Waals surface area contributed by atoms with Crippen LogP contribution in [0.15, 0.2) is 34.8 Å². The molecule has 0 atom stereocenters. The lowest BCUT2D eigenvalue weighted by molar-refractivity contribution is -0.142. The Hall–Kier alpha value is -1.13. The average Bonchev–Trinajstić information content (AvgIpc) is 3.10. The molecule has 20 heavy (non-hydrogen) atoms. The van der Waals surface area contributed by atoms with Gasteiger partial charge in [0.25, 0.3) is 0 Å². The number of fused-ring (bicyclic) bond motifs is 1. The van der Waals surface area contributed by atoms with E-state index in [9.17, 15) is 4.79 Å². The lowest BCUT2D eigenvalue weighted by Crippen LogP contribution is -2.21. The number of ether oxygens (including phenoxy) is 1. The van der Waals surface area contributed by atoms with E-state index >= 15 is 0 Å². The average molecular weight is 349 g/mol. The van der Waals surface area contributed by atoms with Gasteiger partial charge < -0.3 is 4.74 Å². The molecule has 1 saturated carbocycles. The lowest BCUT2D eigenvalue weighted by atomic mass is 9.87. The predicted molar refractivity (Wildman–Crippen MR) is 84.5 cm³/mol. The van der Waals surface area contributed by atoms with Crippen molar-refractivity contribution in [1.82, 2.24) is 0 Å². The van der Waals surface area contributed by atoms with Crippen molar-refractivity contribution in [2.24, 2.45) is 5.41 Å². The van der Waals surface area contributed by atoms with Crippen LogP contribution < -0.4 is 0 Å². The molecule has 1 aliphatic heterocycles. The van der Waals surface area contributed by atoms with Gasteiger partial charge in [-0.3, -0.25) is 4.79 Å². The third-order valence-electron chi connectivity index (χ3n) is 4.24. The Morgan fingerprint density at radius 3 is 2.80 bits per heavy atom. The highest BCUT2D eigenvalue weighted by Crippen LogP contribution is 2.48. The van der Waals surface area contributed by atoms with E-state index in [1.165, 1.54) is 10.1 Å². The third-order valence-corrected chi connectivity index (χ3v) is 5.84. The quantitative estimate of drug-likeness (QED) is 0.668. The molecule has 4 rings (SSSR count). The summed E-state index contributed by atoms with van der Waals surface area (Å²) in [5, 5.41) is 1.19. The monoisotopic (exact) mass is 348 g/mol. The molecule has 102 valence electrons. The van der Waals surface area contributed by atoms with Gasteiger partial charge in [-0.2, -0.15) is 0 Å². The molecule has 2 aliphatic rings. The molecule has 2 heterocycles. The number of thiophene rings is 1. The van der Waals surface area contributed by atoms with Gasteiger partial charge in [0, 0.05) is 9.17 Å². The predicted octanol–water partition coefficient (Wildman–Crippen LogP) is 5.12. The molecular formula is C16H13BrO2S. The van der Waals surface area contributed by atoms with Crippen molar-refractivity contribution in [2.75, 3.05) is 0 Å². The van der Waals surface area contributed by atoms with Crippen molar-refractivity contribution in [3.8, 4) is 0 Å². The van der Waals surface area contributed by atoms with Gasteiger partial charge >= 0.3 is 5.97 Å². The van der Waals surface area contributed by atoms with Crippen LogP contribution in [-0.4, -0.2) is 5.97 Å². The van der Waals surface area contributed by atoms with E-state index in [1.807, 2.05) is 6.07 Å². The maximum absolute atomic E-state index is 12.2. The number of carbonyl (C=O) groups excluding carboxylic acids is 1. The van der Waals surface area contributed by atoms with E-state index in [0.29, 0.717) is 0 Å². The summed E-state index contributed by atoms with van der Waals surface area (Å²) in [6.45, 7) is 0.